The third-order valence-electron chi connectivity index (χ3n) is 5.01. The fraction of sp³-hybridized carbons (Fsp3) is 0.542. The molecule has 0 fully saturated rings. The van der Waals surface area contributed by atoms with Crippen molar-refractivity contribution in [1.82, 2.24) is 0 Å². The standard InChI is InChI=1S/C24H36O2/c1-17(2)10-8-11-18(3)12-9-13-19(4)14-15-21-20(5)23(26)22(25)16-24(21,6)7/h8-13,17,22,25H,14-16H2,1-7H3/b10-8+,12-9+,18-11+,19-13+. The first kappa shape index (κ1) is 22.4. The lowest BCUT2D eigenvalue weighted by molar-refractivity contribution is -0.125. The third-order valence-corrected chi connectivity index (χ3v) is 5.01. The molecule has 0 saturated carbocycles. The van der Waals surface area contributed by atoms with E-state index in [1.54, 1.807) is 0 Å². The first-order valence-corrected chi connectivity index (χ1v) is 9.66. The van der Waals surface area contributed by atoms with Crippen LogP contribution in [-0.2, 0) is 4.79 Å². The van der Waals surface area contributed by atoms with Gasteiger partial charge in [0.1, 0.15) is 6.10 Å². The van der Waals surface area contributed by atoms with Crippen LogP contribution >= 0.6 is 0 Å². The first-order valence-electron chi connectivity index (χ1n) is 9.66. The number of carbonyl (C=O) groups is 1. The van der Waals surface area contributed by atoms with Gasteiger partial charge in [0.15, 0.2) is 5.78 Å². The summed E-state index contributed by atoms with van der Waals surface area (Å²) >= 11 is 0. The Morgan fingerprint density at radius 3 is 2.50 bits per heavy atom. The molecular weight excluding hydrogens is 320 g/mol. The number of allylic oxidation sites excluding steroid dienone is 9. The van der Waals surface area contributed by atoms with Crippen molar-refractivity contribution in [2.45, 2.75) is 73.8 Å². The third kappa shape index (κ3) is 6.92. The molecule has 26 heavy (non-hydrogen) atoms. The van der Waals surface area contributed by atoms with Crippen molar-refractivity contribution >= 4 is 5.78 Å². The SMILES string of the molecule is CC1=C(CC/C(C)=C/C=C/C(C)=C/C=C/C(C)C)C(C)(C)CC(O)C1=O. The van der Waals surface area contributed by atoms with Gasteiger partial charge in [-0.25, -0.2) is 0 Å². The Morgan fingerprint density at radius 1 is 1.23 bits per heavy atom. The van der Waals surface area contributed by atoms with Gasteiger partial charge in [0.05, 0.1) is 0 Å². The highest BCUT2D eigenvalue weighted by atomic mass is 16.3. The van der Waals surface area contributed by atoms with Crippen molar-refractivity contribution in [2.24, 2.45) is 11.3 Å². The summed E-state index contributed by atoms with van der Waals surface area (Å²) in [5.74, 6) is 0.469. The minimum atomic E-state index is -0.840. The van der Waals surface area contributed by atoms with Crippen LogP contribution in [0.15, 0.2) is 58.7 Å². The number of hydrogen-bond donors (Lipinski definition) is 1. The van der Waals surface area contributed by atoms with E-state index < -0.39 is 6.10 Å². The molecule has 1 N–H and O–H groups in total. The lowest BCUT2D eigenvalue weighted by Gasteiger charge is -2.36. The topological polar surface area (TPSA) is 37.3 Å². The molecule has 0 aromatic rings. The average molecular weight is 357 g/mol. The summed E-state index contributed by atoms with van der Waals surface area (Å²) < 4.78 is 0. The van der Waals surface area contributed by atoms with E-state index in [0.29, 0.717) is 12.3 Å². The average Bonchev–Trinajstić information content (AvgIpc) is 2.51. The van der Waals surface area contributed by atoms with Crippen LogP contribution in [0.2, 0.25) is 0 Å². The molecule has 0 aromatic heterocycles. The Labute approximate surface area is 160 Å². The fourth-order valence-corrected chi connectivity index (χ4v) is 3.39. The predicted molar refractivity (Wildman–Crippen MR) is 112 cm³/mol. The Bertz CT molecular complexity index is 652. The second-order valence-corrected chi connectivity index (χ2v) is 8.48. The monoisotopic (exact) mass is 356 g/mol. The normalized spacial score (nSPS) is 22.3. The van der Waals surface area contributed by atoms with Crippen LogP contribution in [0, 0.1) is 11.3 Å². The van der Waals surface area contributed by atoms with Crippen molar-refractivity contribution < 1.29 is 9.90 Å². The molecule has 0 aromatic carbocycles. The molecule has 0 bridgehead atoms. The van der Waals surface area contributed by atoms with Gasteiger partial charge in [-0.3, -0.25) is 4.79 Å². The maximum absolute atomic E-state index is 12.1. The summed E-state index contributed by atoms with van der Waals surface area (Å²) in [6.07, 6.45) is 14.2. The van der Waals surface area contributed by atoms with Crippen molar-refractivity contribution in [2.75, 3.05) is 0 Å². The van der Waals surface area contributed by atoms with Gasteiger partial charge in [-0.15, -0.1) is 0 Å². The second kappa shape index (κ2) is 9.87. The highest BCUT2D eigenvalue weighted by Crippen LogP contribution is 2.41. The minimum Gasteiger partial charge on any atom is -0.385 e. The maximum atomic E-state index is 12.1. The van der Waals surface area contributed by atoms with Gasteiger partial charge in [0.2, 0.25) is 0 Å². The Hall–Kier alpha value is -1.67. The molecule has 1 unspecified atom stereocenters. The molecule has 1 atom stereocenters. The molecule has 1 aliphatic carbocycles. The van der Waals surface area contributed by atoms with Gasteiger partial charge in [0, 0.05) is 0 Å². The molecule has 0 aliphatic heterocycles. The van der Waals surface area contributed by atoms with E-state index in [0.717, 1.165) is 18.4 Å². The largest absolute Gasteiger partial charge is 0.385 e. The molecule has 2 heteroatoms. The lowest BCUT2D eigenvalue weighted by Crippen LogP contribution is -2.36. The predicted octanol–water partition coefficient (Wildman–Crippen LogP) is 6.10. The lowest BCUT2D eigenvalue weighted by atomic mass is 9.69. The summed E-state index contributed by atoms with van der Waals surface area (Å²) in [5, 5.41) is 9.92. The van der Waals surface area contributed by atoms with Crippen LogP contribution < -0.4 is 0 Å². The smallest absolute Gasteiger partial charge is 0.186 e. The summed E-state index contributed by atoms with van der Waals surface area (Å²) in [7, 11) is 0. The Kier molecular flexibility index (Phi) is 8.49. The van der Waals surface area contributed by atoms with Crippen molar-refractivity contribution in [3.8, 4) is 0 Å². The summed E-state index contributed by atoms with van der Waals surface area (Å²) in [6.45, 7) is 14.7. The van der Waals surface area contributed by atoms with E-state index >= 15 is 0 Å². The molecule has 0 amide bonds. The van der Waals surface area contributed by atoms with Crippen molar-refractivity contribution in [1.29, 1.82) is 0 Å². The molecule has 0 saturated heterocycles. The van der Waals surface area contributed by atoms with Crippen LogP contribution in [0.25, 0.3) is 0 Å². The van der Waals surface area contributed by atoms with Crippen molar-refractivity contribution in [3.05, 3.63) is 58.7 Å². The van der Waals surface area contributed by atoms with Crippen LogP contribution in [0.3, 0.4) is 0 Å². The highest BCUT2D eigenvalue weighted by Gasteiger charge is 2.37. The number of hydrogen-bond acceptors (Lipinski definition) is 2. The minimum absolute atomic E-state index is 0.101. The number of carbonyl (C=O) groups excluding carboxylic acids is 1. The van der Waals surface area contributed by atoms with Gasteiger partial charge in [-0.2, -0.15) is 0 Å². The molecular formula is C24H36O2. The van der Waals surface area contributed by atoms with E-state index in [9.17, 15) is 9.90 Å². The molecule has 144 valence electrons. The molecule has 1 rings (SSSR count). The van der Waals surface area contributed by atoms with E-state index in [2.05, 4.69) is 78.0 Å². The Balaban J connectivity index is 2.70. The summed E-state index contributed by atoms with van der Waals surface area (Å²) in [6, 6.07) is 0. The van der Waals surface area contributed by atoms with Crippen LogP contribution in [0.5, 0.6) is 0 Å². The zero-order valence-electron chi connectivity index (χ0n) is 17.6. The van der Waals surface area contributed by atoms with Gasteiger partial charge >= 0.3 is 0 Å². The quantitative estimate of drug-likeness (QED) is 0.559. The number of rotatable bonds is 7. The van der Waals surface area contributed by atoms with E-state index in [1.165, 1.54) is 16.7 Å². The first-order chi connectivity index (χ1) is 12.0. The van der Waals surface area contributed by atoms with Crippen molar-refractivity contribution in [3.63, 3.8) is 0 Å². The molecule has 1 aliphatic rings. The zero-order chi connectivity index (χ0) is 19.9. The summed E-state index contributed by atoms with van der Waals surface area (Å²) in [5.41, 5.74) is 4.35. The van der Waals surface area contributed by atoms with Crippen LogP contribution in [0.1, 0.15) is 67.7 Å². The van der Waals surface area contributed by atoms with Gasteiger partial charge in [-0.1, -0.05) is 80.9 Å². The maximum Gasteiger partial charge on any atom is 0.186 e. The highest BCUT2D eigenvalue weighted by molar-refractivity contribution is 6.00. The zero-order valence-corrected chi connectivity index (χ0v) is 17.6. The van der Waals surface area contributed by atoms with E-state index in [4.69, 9.17) is 0 Å². The molecule has 0 radical (unpaired) electrons. The fourth-order valence-electron chi connectivity index (χ4n) is 3.39. The van der Waals surface area contributed by atoms with E-state index in [1.807, 2.05) is 6.92 Å². The molecule has 2 nitrogen and oxygen atoms in total. The van der Waals surface area contributed by atoms with Crippen LogP contribution in [0.4, 0.5) is 0 Å². The number of ketones is 1. The molecule has 0 heterocycles. The number of Topliss-reactive ketones (excluding diaryl/α,β-unsaturated/α-hetero) is 1. The number of aliphatic hydroxyl groups is 1. The van der Waals surface area contributed by atoms with Crippen LogP contribution in [-0.4, -0.2) is 17.0 Å². The number of aliphatic hydroxyl groups excluding tert-OH is 1. The summed E-state index contributed by atoms with van der Waals surface area (Å²) in [4.78, 5) is 12.1. The second-order valence-electron chi connectivity index (χ2n) is 8.48. The van der Waals surface area contributed by atoms with Gasteiger partial charge in [-0.05, 0) is 56.9 Å². The van der Waals surface area contributed by atoms with Gasteiger partial charge < -0.3 is 5.11 Å². The Morgan fingerprint density at radius 2 is 1.88 bits per heavy atom. The van der Waals surface area contributed by atoms with E-state index in [-0.39, 0.29) is 11.2 Å². The molecule has 0 spiro atoms. The van der Waals surface area contributed by atoms with Gasteiger partial charge in [0.25, 0.3) is 0 Å².